The summed E-state index contributed by atoms with van der Waals surface area (Å²) in [7, 11) is 0. The van der Waals surface area contributed by atoms with Crippen LogP contribution >= 0.6 is 11.8 Å². The van der Waals surface area contributed by atoms with E-state index < -0.39 is 0 Å². The number of hydrogen-bond donors (Lipinski definition) is 1. The lowest BCUT2D eigenvalue weighted by Crippen LogP contribution is -2.28. The molecular formula is C10H20N2S. The molecule has 2 fully saturated rings. The first-order valence-electron chi connectivity index (χ1n) is 5.34. The van der Waals surface area contributed by atoms with Crippen molar-refractivity contribution < 1.29 is 0 Å². The van der Waals surface area contributed by atoms with E-state index in [0.29, 0.717) is 0 Å². The highest BCUT2D eigenvalue weighted by atomic mass is 32.2. The molecule has 2 aliphatic heterocycles. The van der Waals surface area contributed by atoms with Gasteiger partial charge in [-0.25, -0.2) is 0 Å². The summed E-state index contributed by atoms with van der Waals surface area (Å²) >= 11 is 2.04. The highest BCUT2D eigenvalue weighted by molar-refractivity contribution is 7.99. The van der Waals surface area contributed by atoms with E-state index >= 15 is 0 Å². The van der Waals surface area contributed by atoms with Crippen LogP contribution in [0.1, 0.15) is 12.8 Å². The number of nitrogens with zero attached hydrogens (tertiary/aromatic N) is 1. The summed E-state index contributed by atoms with van der Waals surface area (Å²) < 4.78 is 0. The molecule has 0 amide bonds. The summed E-state index contributed by atoms with van der Waals surface area (Å²) in [5.41, 5.74) is 0. The van der Waals surface area contributed by atoms with Gasteiger partial charge in [0.05, 0.1) is 0 Å². The average molecular weight is 200 g/mol. The summed E-state index contributed by atoms with van der Waals surface area (Å²) in [4.78, 5) is 2.65. The topological polar surface area (TPSA) is 15.3 Å². The molecule has 0 aliphatic carbocycles. The maximum atomic E-state index is 3.44. The van der Waals surface area contributed by atoms with Gasteiger partial charge in [0.2, 0.25) is 0 Å². The fourth-order valence-electron chi connectivity index (χ4n) is 2.39. The molecular weight excluding hydrogens is 180 g/mol. The molecule has 1 N–H and O–H groups in total. The van der Waals surface area contributed by atoms with E-state index in [4.69, 9.17) is 0 Å². The van der Waals surface area contributed by atoms with E-state index in [2.05, 4.69) is 16.5 Å². The van der Waals surface area contributed by atoms with Crippen LogP contribution in [0.4, 0.5) is 0 Å². The van der Waals surface area contributed by atoms with Crippen LogP contribution in [-0.4, -0.2) is 49.1 Å². The van der Waals surface area contributed by atoms with Crippen LogP contribution < -0.4 is 5.32 Å². The fraction of sp³-hybridized carbons (Fsp3) is 1.00. The Morgan fingerprint density at radius 2 is 2.38 bits per heavy atom. The van der Waals surface area contributed by atoms with Gasteiger partial charge in [0.25, 0.3) is 0 Å². The summed E-state index contributed by atoms with van der Waals surface area (Å²) in [5, 5.41) is 4.35. The first-order valence-corrected chi connectivity index (χ1v) is 6.63. The lowest BCUT2D eigenvalue weighted by molar-refractivity contribution is 0.288. The van der Waals surface area contributed by atoms with Crippen LogP contribution in [0.5, 0.6) is 0 Å². The van der Waals surface area contributed by atoms with Crippen molar-refractivity contribution in [2.45, 2.75) is 18.1 Å². The molecule has 13 heavy (non-hydrogen) atoms. The largest absolute Gasteiger partial charge is 0.316 e. The predicted molar refractivity (Wildman–Crippen MR) is 59.3 cm³/mol. The molecule has 0 bridgehead atoms. The van der Waals surface area contributed by atoms with E-state index in [1.165, 1.54) is 45.6 Å². The average Bonchev–Trinajstić information content (AvgIpc) is 2.76. The van der Waals surface area contributed by atoms with Gasteiger partial charge in [0, 0.05) is 18.3 Å². The van der Waals surface area contributed by atoms with Gasteiger partial charge < -0.3 is 10.2 Å². The number of thioether (sulfide) groups is 1. The van der Waals surface area contributed by atoms with Crippen LogP contribution in [0.25, 0.3) is 0 Å². The zero-order valence-corrected chi connectivity index (χ0v) is 9.28. The second kappa shape index (κ2) is 4.67. The van der Waals surface area contributed by atoms with Gasteiger partial charge in [-0.3, -0.25) is 0 Å². The number of nitrogens with one attached hydrogen (secondary N) is 1. The Balaban J connectivity index is 1.70. The smallest absolute Gasteiger partial charge is 0.0184 e. The van der Waals surface area contributed by atoms with Crippen molar-refractivity contribution in [1.29, 1.82) is 0 Å². The van der Waals surface area contributed by atoms with Crippen molar-refractivity contribution in [2.75, 3.05) is 39.0 Å². The predicted octanol–water partition coefficient (Wildman–Crippen LogP) is 1.03. The quantitative estimate of drug-likeness (QED) is 0.732. The summed E-state index contributed by atoms with van der Waals surface area (Å²) in [6, 6.07) is 0. The van der Waals surface area contributed by atoms with E-state index in [1.807, 2.05) is 11.8 Å². The Kier molecular flexibility index (Phi) is 3.52. The molecule has 0 spiro atoms. The molecule has 2 atom stereocenters. The van der Waals surface area contributed by atoms with Gasteiger partial charge in [-0.05, 0) is 44.6 Å². The lowest BCUT2D eigenvalue weighted by atomic mass is 10.1. The van der Waals surface area contributed by atoms with Crippen LogP contribution in [0.3, 0.4) is 0 Å². The second-order valence-corrected chi connectivity index (χ2v) is 5.40. The first-order chi connectivity index (χ1) is 6.38. The molecule has 2 aliphatic rings. The Labute approximate surface area is 85.4 Å². The van der Waals surface area contributed by atoms with Crippen molar-refractivity contribution in [3.8, 4) is 0 Å². The monoisotopic (exact) mass is 200 g/mol. The Morgan fingerprint density at radius 1 is 1.46 bits per heavy atom. The number of likely N-dealkylation sites (tertiary alicyclic amines) is 1. The standard InChI is InChI=1S/C10H20N2S/c1-13-10-3-5-12(8-10)7-9-2-4-11-6-9/h9-11H,2-8H2,1H3. The maximum Gasteiger partial charge on any atom is 0.0184 e. The third-order valence-corrected chi connectivity index (χ3v) is 4.29. The molecule has 0 saturated carbocycles. The normalized spacial score (nSPS) is 35.8. The molecule has 2 nitrogen and oxygen atoms in total. The van der Waals surface area contributed by atoms with Gasteiger partial charge in [0.15, 0.2) is 0 Å². The van der Waals surface area contributed by atoms with Crippen LogP contribution in [0, 0.1) is 5.92 Å². The molecule has 2 rings (SSSR count). The van der Waals surface area contributed by atoms with E-state index in [1.54, 1.807) is 0 Å². The van der Waals surface area contributed by atoms with Crippen molar-refractivity contribution in [2.24, 2.45) is 5.92 Å². The van der Waals surface area contributed by atoms with Crippen LogP contribution in [0.2, 0.25) is 0 Å². The van der Waals surface area contributed by atoms with Gasteiger partial charge in [-0.15, -0.1) is 0 Å². The Hall–Kier alpha value is 0.270. The molecule has 2 heterocycles. The zero-order chi connectivity index (χ0) is 9.10. The zero-order valence-electron chi connectivity index (χ0n) is 8.46. The Bertz CT molecular complexity index is 157. The fourth-order valence-corrected chi connectivity index (χ4v) is 3.09. The van der Waals surface area contributed by atoms with E-state index in [0.717, 1.165) is 11.2 Å². The van der Waals surface area contributed by atoms with Gasteiger partial charge in [-0.2, -0.15) is 11.8 Å². The first kappa shape index (κ1) is 9.81. The van der Waals surface area contributed by atoms with E-state index in [9.17, 15) is 0 Å². The minimum absolute atomic E-state index is 0.911. The molecule has 2 unspecified atom stereocenters. The number of rotatable bonds is 3. The SMILES string of the molecule is CSC1CCN(CC2CCNC2)C1. The van der Waals surface area contributed by atoms with Crippen molar-refractivity contribution in [3.63, 3.8) is 0 Å². The second-order valence-electron chi connectivity index (χ2n) is 4.26. The molecule has 0 aromatic rings. The molecule has 0 aromatic carbocycles. The molecule has 0 aromatic heterocycles. The highest BCUT2D eigenvalue weighted by Gasteiger charge is 2.24. The lowest BCUT2D eigenvalue weighted by Gasteiger charge is -2.19. The van der Waals surface area contributed by atoms with Gasteiger partial charge in [0.1, 0.15) is 0 Å². The van der Waals surface area contributed by atoms with Crippen molar-refractivity contribution >= 4 is 11.8 Å². The minimum atomic E-state index is 0.911. The molecule has 0 radical (unpaired) electrons. The highest BCUT2D eigenvalue weighted by Crippen LogP contribution is 2.21. The summed E-state index contributed by atoms with van der Waals surface area (Å²) in [5.74, 6) is 0.931. The Morgan fingerprint density at radius 3 is 3.00 bits per heavy atom. The maximum absolute atomic E-state index is 3.44. The van der Waals surface area contributed by atoms with Gasteiger partial charge in [-0.1, -0.05) is 0 Å². The molecule has 2 saturated heterocycles. The van der Waals surface area contributed by atoms with E-state index in [-0.39, 0.29) is 0 Å². The van der Waals surface area contributed by atoms with Crippen molar-refractivity contribution in [3.05, 3.63) is 0 Å². The molecule has 3 heteroatoms. The minimum Gasteiger partial charge on any atom is -0.316 e. The van der Waals surface area contributed by atoms with Crippen molar-refractivity contribution in [1.82, 2.24) is 10.2 Å². The summed E-state index contributed by atoms with van der Waals surface area (Å²) in [6.07, 6.45) is 5.03. The van der Waals surface area contributed by atoms with Crippen LogP contribution in [-0.2, 0) is 0 Å². The molecule has 76 valence electrons. The number of hydrogen-bond acceptors (Lipinski definition) is 3. The third-order valence-electron chi connectivity index (χ3n) is 3.24. The summed E-state index contributed by atoms with van der Waals surface area (Å²) in [6.45, 7) is 6.49. The van der Waals surface area contributed by atoms with Gasteiger partial charge >= 0.3 is 0 Å². The third kappa shape index (κ3) is 2.61. The van der Waals surface area contributed by atoms with Crippen LogP contribution in [0.15, 0.2) is 0 Å².